The maximum atomic E-state index is 12.4. The first-order chi connectivity index (χ1) is 8.13. The summed E-state index contributed by atoms with van der Waals surface area (Å²) < 4.78 is 0. The summed E-state index contributed by atoms with van der Waals surface area (Å²) in [6.07, 6.45) is 3.18. The van der Waals surface area contributed by atoms with Crippen LogP contribution in [0.1, 0.15) is 36.5 Å². The molecule has 0 aliphatic carbocycles. The van der Waals surface area contributed by atoms with E-state index in [2.05, 4.69) is 6.92 Å². The minimum Gasteiger partial charge on any atom is -0.399 e. The number of carbonyl (C=O) groups is 1. The number of nitrogens with zero attached hydrogens (tertiary/aromatic N) is 1. The average Bonchev–Trinajstić information content (AvgIpc) is 2.76. The van der Waals surface area contributed by atoms with Gasteiger partial charge in [-0.25, -0.2) is 0 Å². The van der Waals surface area contributed by atoms with Crippen LogP contribution in [-0.4, -0.2) is 23.4 Å². The molecule has 0 bridgehead atoms. The molecule has 1 fully saturated rings. The molecule has 1 aliphatic rings. The zero-order valence-electron chi connectivity index (χ0n) is 10.1. The number of rotatable bonds is 2. The lowest BCUT2D eigenvalue weighted by atomic mass is 10.1. The molecule has 1 atom stereocenters. The summed E-state index contributed by atoms with van der Waals surface area (Å²) in [6, 6.07) is 5.45. The van der Waals surface area contributed by atoms with Crippen molar-refractivity contribution in [3.8, 4) is 0 Å². The first-order valence-electron chi connectivity index (χ1n) is 6.09. The minimum atomic E-state index is 0.0341. The van der Waals surface area contributed by atoms with Gasteiger partial charge in [0.05, 0.1) is 5.56 Å². The predicted molar refractivity (Wildman–Crippen MR) is 69.6 cm³/mol. The lowest BCUT2D eigenvalue weighted by Gasteiger charge is -2.24. The van der Waals surface area contributed by atoms with Crippen molar-refractivity contribution in [2.45, 2.75) is 32.2 Å². The monoisotopic (exact) mass is 233 g/mol. The molecule has 2 rings (SSSR count). The summed E-state index contributed by atoms with van der Waals surface area (Å²) in [7, 11) is 0. The molecule has 1 heterocycles. The number of hydrogen-bond donors (Lipinski definition) is 2. The van der Waals surface area contributed by atoms with Crippen molar-refractivity contribution in [1.29, 1.82) is 0 Å². The van der Waals surface area contributed by atoms with E-state index in [1.54, 1.807) is 18.2 Å². The number of benzene rings is 1. The first kappa shape index (κ1) is 11.8. The molecule has 0 saturated carbocycles. The van der Waals surface area contributed by atoms with Gasteiger partial charge in [-0.05, 0) is 37.5 Å². The van der Waals surface area contributed by atoms with Gasteiger partial charge in [-0.15, -0.1) is 0 Å². The number of hydrogen-bond acceptors (Lipinski definition) is 3. The second-order valence-electron chi connectivity index (χ2n) is 4.55. The number of likely N-dealkylation sites (tertiary alicyclic amines) is 1. The molecule has 1 aliphatic heterocycles. The van der Waals surface area contributed by atoms with Crippen LogP contribution in [-0.2, 0) is 0 Å². The van der Waals surface area contributed by atoms with E-state index in [0.29, 0.717) is 23.0 Å². The summed E-state index contributed by atoms with van der Waals surface area (Å²) in [5.41, 5.74) is 13.1. The van der Waals surface area contributed by atoms with Gasteiger partial charge in [0.1, 0.15) is 0 Å². The summed E-state index contributed by atoms with van der Waals surface area (Å²) in [4.78, 5) is 14.3. The highest BCUT2D eigenvalue weighted by Gasteiger charge is 2.28. The molecule has 1 saturated heterocycles. The highest BCUT2D eigenvalue weighted by atomic mass is 16.2. The van der Waals surface area contributed by atoms with Gasteiger partial charge in [0.15, 0.2) is 0 Å². The van der Waals surface area contributed by atoms with Crippen LogP contribution in [0.4, 0.5) is 11.4 Å². The Morgan fingerprint density at radius 3 is 2.88 bits per heavy atom. The van der Waals surface area contributed by atoms with Gasteiger partial charge in [0, 0.05) is 24.0 Å². The molecule has 4 N–H and O–H groups in total. The summed E-state index contributed by atoms with van der Waals surface area (Å²) in [5.74, 6) is 0.0341. The van der Waals surface area contributed by atoms with E-state index in [1.165, 1.54) is 0 Å². The molecule has 1 aromatic carbocycles. The number of amides is 1. The summed E-state index contributed by atoms with van der Waals surface area (Å²) in [5, 5.41) is 0. The summed E-state index contributed by atoms with van der Waals surface area (Å²) >= 11 is 0. The minimum absolute atomic E-state index is 0.0341. The van der Waals surface area contributed by atoms with Crippen molar-refractivity contribution in [2.75, 3.05) is 18.0 Å². The van der Waals surface area contributed by atoms with Crippen LogP contribution in [0.2, 0.25) is 0 Å². The van der Waals surface area contributed by atoms with Crippen molar-refractivity contribution in [1.82, 2.24) is 4.90 Å². The molecular formula is C13H19N3O. The largest absolute Gasteiger partial charge is 0.399 e. The molecule has 0 radical (unpaired) electrons. The molecule has 0 spiro atoms. The van der Waals surface area contributed by atoms with E-state index in [1.807, 2.05) is 4.90 Å². The molecule has 92 valence electrons. The Labute approximate surface area is 102 Å². The lowest BCUT2D eigenvalue weighted by molar-refractivity contribution is 0.0735. The molecule has 4 nitrogen and oxygen atoms in total. The van der Waals surface area contributed by atoms with Gasteiger partial charge in [-0.3, -0.25) is 4.79 Å². The smallest absolute Gasteiger partial charge is 0.256 e. The number of anilines is 2. The Bertz CT molecular complexity index is 431. The molecule has 4 heteroatoms. The Morgan fingerprint density at radius 2 is 2.24 bits per heavy atom. The van der Waals surface area contributed by atoms with E-state index in [4.69, 9.17) is 11.5 Å². The Hall–Kier alpha value is -1.71. The normalized spacial score (nSPS) is 19.6. The quantitative estimate of drug-likeness (QED) is 0.766. The topological polar surface area (TPSA) is 72.3 Å². The SMILES string of the molecule is CCC1CCCN1C(=O)c1ccc(N)cc1N. The van der Waals surface area contributed by atoms with E-state index < -0.39 is 0 Å². The van der Waals surface area contributed by atoms with Gasteiger partial charge in [-0.1, -0.05) is 6.92 Å². The van der Waals surface area contributed by atoms with Crippen LogP contribution in [0.3, 0.4) is 0 Å². The summed E-state index contributed by atoms with van der Waals surface area (Å²) in [6.45, 7) is 2.95. The third-order valence-corrected chi connectivity index (χ3v) is 3.42. The molecule has 1 unspecified atom stereocenters. The second-order valence-corrected chi connectivity index (χ2v) is 4.55. The Balaban J connectivity index is 2.24. The molecule has 17 heavy (non-hydrogen) atoms. The third-order valence-electron chi connectivity index (χ3n) is 3.42. The Kier molecular flexibility index (Phi) is 3.22. The first-order valence-corrected chi connectivity index (χ1v) is 6.09. The zero-order valence-corrected chi connectivity index (χ0v) is 10.1. The zero-order chi connectivity index (χ0) is 12.4. The fraction of sp³-hybridized carbons (Fsp3) is 0.462. The van der Waals surface area contributed by atoms with E-state index >= 15 is 0 Å². The van der Waals surface area contributed by atoms with Crippen molar-refractivity contribution >= 4 is 17.3 Å². The number of carbonyl (C=O) groups excluding carboxylic acids is 1. The van der Waals surface area contributed by atoms with Crippen molar-refractivity contribution in [2.24, 2.45) is 0 Å². The standard InChI is InChI=1S/C13H19N3O/c1-2-10-4-3-7-16(10)13(17)11-6-5-9(14)8-12(11)15/h5-6,8,10H,2-4,7,14-15H2,1H3. The van der Waals surface area contributed by atoms with Gasteiger partial charge < -0.3 is 16.4 Å². The predicted octanol–water partition coefficient (Wildman–Crippen LogP) is 1.87. The van der Waals surface area contributed by atoms with Crippen LogP contribution < -0.4 is 11.5 Å². The van der Waals surface area contributed by atoms with Gasteiger partial charge in [0.25, 0.3) is 5.91 Å². The molecule has 0 aromatic heterocycles. The van der Waals surface area contributed by atoms with Crippen LogP contribution in [0.5, 0.6) is 0 Å². The average molecular weight is 233 g/mol. The molecule has 1 amide bonds. The van der Waals surface area contributed by atoms with Gasteiger partial charge >= 0.3 is 0 Å². The van der Waals surface area contributed by atoms with E-state index in [-0.39, 0.29) is 5.91 Å². The maximum Gasteiger partial charge on any atom is 0.256 e. The highest BCUT2D eigenvalue weighted by molar-refractivity contribution is 6.00. The molecular weight excluding hydrogens is 214 g/mol. The fourth-order valence-corrected chi connectivity index (χ4v) is 2.46. The maximum absolute atomic E-state index is 12.4. The van der Waals surface area contributed by atoms with Gasteiger partial charge in [0.2, 0.25) is 0 Å². The van der Waals surface area contributed by atoms with Gasteiger partial charge in [-0.2, -0.15) is 0 Å². The van der Waals surface area contributed by atoms with Crippen LogP contribution >= 0.6 is 0 Å². The third kappa shape index (κ3) is 2.20. The van der Waals surface area contributed by atoms with Crippen LogP contribution in [0.25, 0.3) is 0 Å². The van der Waals surface area contributed by atoms with Crippen molar-refractivity contribution < 1.29 is 4.79 Å². The lowest BCUT2D eigenvalue weighted by Crippen LogP contribution is -2.35. The second kappa shape index (κ2) is 4.65. The number of nitrogens with two attached hydrogens (primary N) is 2. The van der Waals surface area contributed by atoms with E-state index in [9.17, 15) is 4.79 Å². The number of nitrogen functional groups attached to an aromatic ring is 2. The molecule has 1 aromatic rings. The van der Waals surface area contributed by atoms with Crippen molar-refractivity contribution in [3.05, 3.63) is 23.8 Å². The van der Waals surface area contributed by atoms with Crippen LogP contribution in [0, 0.1) is 0 Å². The van der Waals surface area contributed by atoms with E-state index in [0.717, 1.165) is 25.8 Å². The van der Waals surface area contributed by atoms with Crippen molar-refractivity contribution in [3.63, 3.8) is 0 Å². The van der Waals surface area contributed by atoms with Crippen LogP contribution in [0.15, 0.2) is 18.2 Å². The highest BCUT2D eigenvalue weighted by Crippen LogP contribution is 2.25. The fourth-order valence-electron chi connectivity index (χ4n) is 2.46. The Morgan fingerprint density at radius 1 is 1.47 bits per heavy atom.